The van der Waals surface area contributed by atoms with Crippen LogP contribution in [0, 0.1) is 0 Å². The minimum Gasteiger partial charge on any atom is -0.378 e. The van der Waals surface area contributed by atoms with Crippen LogP contribution in [0.5, 0.6) is 0 Å². The van der Waals surface area contributed by atoms with Crippen molar-refractivity contribution in [1.29, 1.82) is 0 Å². The molecule has 1 aliphatic heterocycles. The third-order valence-electron chi connectivity index (χ3n) is 2.75. The van der Waals surface area contributed by atoms with Crippen LogP contribution < -0.4 is 15.5 Å². The van der Waals surface area contributed by atoms with Crippen LogP contribution >= 0.6 is 0 Å². The Bertz CT molecular complexity index is 440. The molecule has 0 bridgehead atoms. The van der Waals surface area contributed by atoms with Crippen LogP contribution in [0.3, 0.4) is 0 Å². The maximum atomic E-state index is 11.4. The lowest BCUT2D eigenvalue weighted by Gasteiger charge is -2.13. The van der Waals surface area contributed by atoms with Gasteiger partial charge in [-0.3, -0.25) is 10.1 Å². The maximum absolute atomic E-state index is 11.4. The highest BCUT2D eigenvalue weighted by atomic mass is 16.2. The second-order valence-corrected chi connectivity index (χ2v) is 4.28. The van der Waals surface area contributed by atoms with Crippen molar-refractivity contribution in [2.45, 2.75) is 12.5 Å². The van der Waals surface area contributed by atoms with Gasteiger partial charge < -0.3 is 10.2 Å². The molecule has 17 heavy (non-hydrogen) atoms. The van der Waals surface area contributed by atoms with E-state index in [-0.39, 0.29) is 5.91 Å². The van der Waals surface area contributed by atoms with Crippen LogP contribution in [-0.2, 0) is 11.2 Å². The van der Waals surface area contributed by atoms with E-state index in [1.807, 2.05) is 43.3 Å². The lowest BCUT2D eigenvalue weighted by atomic mass is 10.1. The highest BCUT2D eigenvalue weighted by molar-refractivity contribution is 6.04. The average Bonchev–Trinajstić information content (AvgIpc) is 2.58. The van der Waals surface area contributed by atoms with Crippen molar-refractivity contribution in [3.63, 3.8) is 0 Å². The van der Waals surface area contributed by atoms with Crippen molar-refractivity contribution < 1.29 is 9.59 Å². The predicted molar refractivity (Wildman–Crippen MR) is 64.9 cm³/mol. The molecule has 2 N–H and O–H groups in total. The molecule has 1 atom stereocenters. The molecular weight excluding hydrogens is 218 g/mol. The zero-order valence-corrected chi connectivity index (χ0v) is 9.86. The van der Waals surface area contributed by atoms with Gasteiger partial charge in [0.15, 0.2) is 0 Å². The van der Waals surface area contributed by atoms with Crippen LogP contribution in [0.25, 0.3) is 0 Å². The van der Waals surface area contributed by atoms with Gasteiger partial charge in [-0.1, -0.05) is 12.1 Å². The van der Waals surface area contributed by atoms with E-state index in [0.717, 1.165) is 11.3 Å². The molecule has 1 heterocycles. The van der Waals surface area contributed by atoms with Crippen LogP contribution in [0.15, 0.2) is 24.3 Å². The Labute approximate surface area is 99.8 Å². The monoisotopic (exact) mass is 233 g/mol. The van der Waals surface area contributed by atoms with Crippen molar-refractivity contribution in [2.75, 3.05) is 19.0 Å². The molecule has 0 radical (unpaired) electrons. The summed E-state index contributed by atoms with van der Waals surface area (Å²) in [6.45, 7) is 0. The molecule has 5 nitrogen and oxygen atoms in total. The number of hydrogen-bond acceptors (Lipinski definition) is 3. The molecule has 0 aliphatic carbocycles. The summed E-state index contributed by atoms with van der Waals surface area (Å²) in [5, 5.41) is 4.80. The maximum Gasteiger partial charge on any atom is 0.322 e. The number of carbonyl (C=O) groups is 2. The van der Waals surface area contributed by atoms with Crippen molar-refractivity contribution in [3.8, 4) is 0 Å². The minimum absolute atomic E-state index is 0.258. The molecule has 0 aromatic heterocycles. The largest absolute Gasteiger partial charge is 0.378 e. The van der Waals surface area contributed by atoms with Crippen molar-refractivity contribution in [3.05, 3.63) is 29.8 Å². The lowest BCUT2D eigenvalue weighted by Crippen LogP contribution is -2.31. The van der Waals surface area contributed by atoms with Gasteiger partial charge in [-0.2, -0.15) is 0 Å². The van der Waals surface area contributed by atoms with Crippen LogP contribution in [-0.4, -0.2) is 32.1 Å². The molecule has 1 aromatic rings. The van der Waals surface area contributed by atoms with E-state index < -0.39 is 12.1 Å². The zero-order valence-electron chi connectivity index (χ0n) is 9.86. The van der Waals surface area contributed by atoms with E-state index in [1.54, 1.807) is 0 Å². The fourth-order valence-electron chi connectivity index (χ4n) is 1.77. The summed E-state index contributed by atoms with van der Waals surface area (Å²) in [6, 6.07) is 7.05. The van der Waals surface area contributed by atoms with E-state index in [9.17, 15) is 9.59 Å². The molecule has 1 aromatic carbocycles. The molecule has 1 unspecified atom stereocenters. The molecule has 90 valence electrons. The first kappa shape index (κ1) is 11.4. The smallest absolute Gasteiger partial charge is 0.322 e. The third kappa shape index (κ3) is 2.55. The van der Waals surface area contributed by atoms with E-state index >= 15 is 0 Å². The Morgan fingerprint density at radius 3 is 2.29 bits per heavy atom. The lowest BCUT2D eigenvalue weighted by molar-refractivity contribution is -0.120. The van der Waals surface area contributed by atoms with Gasteiger partial charge in [-0.15, -0.1) is 0 Å². The number of anilines is 1. The van der Waals surface area contributed by atoms with Gasteiger partial charge in [0.25, 0.3) is 5.91 Å². The highest BCUT2D eigenvalue weighted by Crippen LogP contribution is 2.14. The van der Waals surface area contributed by atoms with Gasteiger partial charge in [-0.25, -0.2) is 4.79 Å². The third-order valence-corrected chi connectivity index (χ3v) is 2.75. The number of nitrogens with one attached hydrogen (secondary N) is 2. The van der Waals surface area contributed by atoms with E-state index in [2.05, 4.69) is 10.6 Å². The Hall–Kier alpha value is -2.04. The summed E-state index contributed by atoms with van der Waals surface area (Å²) < 4.78 is 0. The molecule has 2 rings (SSSR count). The molecule has 0 saturated carbocycles. The normalized spacial score (nSPS) is 18.8. The minimum atomic E-state index is -0.451. The molecule has 1 aliphatic rings. The number of benzene rings is 1. The number of rotatable bonds is 3. The summed E-state index contributed by atoms with van der Waals surface area (Å²) >= 11 is 0. The zero-order chi connectivity index (χ0) is 12.4. The Morgan fingerprint density at radius 2 is 1.82 bits per heavy atom. The first-order valence-corrected chi connectivity index (χ1v) is 5.44. The number of hydrogen-bond donors (Lipinski definition) is 2. The molecular formula is C12H15N3O2. The summed E-state index contributed by atoms with van der Waals surface area (Å²) in [4.78, 5) is 24.3. The standard InChI is InChI=1S/C12H15N3O2/c1-15(2)9-5-3-8(4-6-9)7-10-11(16)14-12(17)13-10/h3-6,10H,7H2,1-2H3,(H2,13,14,16,17). The number of amides is 3. The number of nitrogens with zero attached hydrogens (tertiary/aromatic N) is 1. The first-order chi connectivity index (χ1) is 8.06. The van der Waals surface area contributed by atoms with Gasteiger partial charge in [0.2, 0.25) is 0 Å². The van der Waals surface area contributed by atoms with Gasteiger partial charge in [0.05, 0.1) is 0 Å². The van der Waals surface area contributed by atoms with Gasteiger partial charge in [0.1, 0.15) is 6.04 Å². The quantitative estimate of drug-likeness (QED) is 0.747. The van der Waals surface area contributed by atoms with Crippen molar-refractivity contribution in [1.82, 2.24) is 10.6 Å². The fraction of sp³-hybridized carbons (Fsp3) is 0.333. The molecule has 3 amide bonds. The SMILES string of the molecule is CN(C)c1ccc(CC2NC(=O)NC2=O)cc1. The summed E-state index contributed by atoms with van der Waals surface area (Å²) in [6.07, 6.45) is 0.519. The highest BCUT2D eigenvalue weighted by Gasteiger charge is 2.29. The first-order valence-electron chi connectivity index (χ1n) is 5.44. The average molecular weight is 233 g/mol. The van der Waals surface area contributed by atoms with Crippen LogP contribution in [0.4, 0.5) is 10.5 Å². The molecule has 1 fully saturated rings. The van der Waals surface area contributed by atoms with Crippen molar-refractivity contribution >= 4 is 17.6 Å². The molecule has 0 spiro atoms. The van der Waals surface area contributed by atoms with E-state index in [0.29, 0.717) is 6.42 Å². The van der Waals surface area contributed by atoms with Crippen LogP contribution in [0.2, 0.25) is 0 Å². The van der Waals surface area contributed by atoms with Gasteiger partial charge >= 0.3 is 6.03 Å². The summed E-state index contributed by atoms with van der Waals surface area (Å²) in [5.74, 6) is -0.258. The number of carbonyl (C=O) groups excluding carboxylic acids is 2. The second kappa shape index (κ2) is 4.45. The fourth-order valence-corrected chi connectivity index (χ4v) is 1.77. The van der Waals surface area contributed by atoms with Gasteiger partial charge in [0, 0.05) is 26.2 Å². The Balaban J connectivity index is 2.04. The molecule has 5 heteroatoms. The summed E-state index contributed by atoms with van der Waals surface area (Å²) in [5.41, 5.74) is 2.13. The van der Waals surface area contributed by atoms with Crippen molar-refractivity contribution in [2.24, 2.45) is 0 Å². The summed E-state index contributed by atoms with van der Waals surface area (Å²) in [7, 11) is 3.94. The number of urea groups is 1. The Morgan fingerprint density at radius 1 is 1.18 bits per heavy atom. The second-order valence-electron chi connectivity index (χ2n) is 4.28. The predicted octanol–water partition coefficient (Wildman–Crippen LogP) is 0.503. The van der Waals surface area contributed by atoms with Gasteiger partial charge in [-0.05, 0) is 17.7 Å². The van der Waals surface area contributed by atoms with E-state index in [4.69, 9.17) is 0 Å². The molecule has 1 saturated heterocycles. The van der Waals surface area contributed by atoms with E-state index in [1.165, 1.54) is 0 Å². The van der Waals surface area contributed by atoms with Crippen LogP contribution in [0.1, 0.15) is 5.56 Å². The number of imide groups is 1. The Kier molecular flexibility index (Phi) is 2.99. The topological polar surface area (TPSA) is 61.4 Å².